The van der Waals surface area contributed by atoms with Gasteiger partial charge in [-0.3, -0.25) is 0 Å². The van der Waals surface area contributed by atoms with Crippen molar-refractivity contribution in [3.63, 3.8) is 0 Å². The Labute approximate surface area is 113 Å². The van der Waals surface area contributed by atoms with Gasteiger partial charge in [-0.1, -0.05) is 35.5 Å². The first-order valence-electron chi connectivity index (χ1n) is 6.92. The third-order valence-electron chi connectivity index (χ3n) is 3.63. The number of benzene rings is 1. The fraction of sp³-hybridized carbons (Fsp3) is 0.533. The first-order valence-corrected chi connectivity index (χ1v) is 6.92. The normalized spacial score (nSPS) is 30.2. The maximum Gasteiger partial charge on any atom is 0.232 e. The van der Waals surface area contributed by atoms with Crippen molar-refractivity contribution in [1.29, 1.82) is 0 Å². The summed E-state index contributed by atoms with van der Waals surface area (Å²) < 4.78 is 11.3. The second kappa shape index (κ2) is 5.72. The van der Waals surface area contributed by atoms with Gasteiger partial charge in [-0.2, -0.15) is 0 Å². The topological polar surface area (TPSA) is 40.0 Å². The van der Waals surface area contributed by atoms with Crippen LogP contribution in [0.5, 0.6) is 0 Å². The smallest absolute Gasteiger partial charge is 0.232 e. The molecular weight excluding hydrogens is 242 g/mol. The number of nitrogens with zero attached hydrogens (tertiary/aromatic N) is 1. The highest BCUT2D eigenvalue weighted by molar-refractivity contribution is 6.00. The van der Waals surface area contributed by atoms with Crippen LogP contribution in [0.1, 0.15) is 31.7 Å². The molecule has 0 N–H and O–H groups in total. The van der Waals surface area contributed by atoms with E-state index in [9.17, 15) is 0 Å². The fourth-order valence-electron chi connectivity index (χ4n) is 2.63. The molecule has 3 atom stereocenters. The monoisotopic (exact) mass is 261 g/mol. The van der Waals surface area contributed by atoms with E-state index in [1.54, 1.807) is 0 Å². The van der Waals surface area contributed by atoms with Crippen molar-refractivity contribution < 1.29 is 14.3 Å². The lowest BCUT2D eigenvalue weighted by Gasteiger charge is -2.36. The van der Waals surface area contributed by atoms with Gasteiger partial charge in [0.1, 0.15) is 0 Å². The molecule has 0 spiro atoms. The first kappa shape index (κ1) is 12.6. The van der Waals surface area contributed by atoms with E-state index in [0.29, 0.717) is 12.5 Å². The average Bonchev–Trinajstić information content (AvgIpc) is 2.48. The lowest BCUT2D eigenvalue weighted by atomic mass is 9.90. The standard InChI is InChI=1S/C15H19NO3/c1-2-17-14-9-8-12-10-13(16-19-15(12)18-14)11-6-4-3-5-7-11/h3-7,12,14-15H,2,8-10H2,1H3. The minimum atomic E-state index is -0.252. The van der Waals surface area contributed by atoms with Gasteiger partial charge < -0.3 is 14.3 Å². The molecule has 0 radical (unpaired) electrons. The number of hydrogen-bond acceptors (Lipinski definition) is 4. The molecule has 102 valence electrons. The predicted octanol–water partition coefficient (Wildman–Crippen LogP) is 2.93. The fourth-order valence-corrected chi connectivity index (χ4v) is 2.63. The maximum atomic E-state index is 5.76. The van der Waals surface area contributed by atoms with E-state index in [-0.39, 0.29) is 12.6 Å². The predicted molar refractivity (Wildman–Crippen MR) is 71.7 cm³/mol. The molecule has 1 aromatic rings. The van der Waals surface area contributed by atoms with Crippen molar-refractivity contribution in [3.05, 3.63) is 35.9 Å². The zero-order chi connectivity index (χ0) is 13.1. The molecule has 0 amide bonds. The van der Waals surface area contributed by atoms with Crippen molar-refractivity contribution in [2.45, 2.75) is 38.8 Å². The Bertz CT molecular complexity index is 446. The highest BCUT2D eigenvalue weighted by Gasteiger charge is 2.37. The van der Waals surface area contributed by atoms with Crippen LogP contribution in [0.3, 0.4) is 0 Å². The van der Waals surface area contributed by atoms with E-state index in [1.807, 2.05) is 25.1 Å². The molecule has 4 nitrogen and oxygen atoms in total. The summed E-state index contributed by atoms with van der Waals surface area (Å²) in [5, 5.41) is 4.21. The van der Waals surface area contributed by atoms with Gasteiger partial charge in [0.2, 0.25) is 6.29 Å². The van der Waals surface area contributed by atoms with Crippen molar-refractivity contribution in [2.24, 2.45) is 11.1 Å². The third kappa shape index (κ3) is 2.80. The zero-order valence-electron chi connectivity index (χ0n) is 11.1. The molecule has 0 aromatic heterocycles. The maximum absolute atomic E-state index is 5.76. The van der Waals surface area contributed by atoms with Gasteiger partial charge in [0, 0.05) is 18.9 Å². The summed E-state index contributed by atoms with van der Waals surface area (Å²) in [6.45, 7) is 2.64. The Kier molecular flexibility index (Phi) is 3.80. The Hall–Kier alpha value is -1.39. The van der Waals surface area contributed by atoms with Gasteiger partial charge in [-0.25, -0.2) is 0 Å². The van der Waals surface area contributed by atoms with Crippen LogP contribution in [-0.4, -0.2) is 24.9 Å². The van der Waals surface area contributed by atoms with Crippen LogP contribution in [-0.2, 0) is 14.3 Å². The molecule has 2 aliphatic heterocycles. The van der Waals surface area contributed by atoms with Gasteiger partial charge >= 0.3 is 0 Å². The van der Waals surface area contributed by atoms with Gasteiger partial charge in [0.15, 0.2) is 6.29 Å². The molecule has 0 bridgehead atoms. The van der Waals surface area contributed by atoms with Gasteiger partial charge in [0.05, 0.1) is 5.71 Å². The molecule has 1 aromatic carbocycles. The second-order valence-electron chi connectivity index (χ2n) is 4.94. The lowest BCUT2D eigenvalue weighted by molar-refractivity contribution is -0.288. The minimum Gasteiger partial charge on any atom is -0.363 e. The second-order valence-corrected chi connectivity index (χ2v) is 4.94. The molecule has 0 aliphatic carbocycles. The van der Waals surface area contributed by atoms with Crippen molar-refractivity contribution >= 4 is 5.71 Å². The molecule has 3 rings (SSSR count). The van der Waals surface area contributed by atoms with E-state index >= 15 is 0 Å². The van der Waals surface area contributed by atoms with Gasteiger partial charge in [-0.15, -0.1) is 0 Å². The summed E-state index contributed by atoms with van der Waals surface area (Å²) in [7, 11) is 0. The molecule has 3 unspecified atom stereocenters. The summed E-state index contributed by atoms with van der Waals surface area (Å²) in [4.78, 5) is 5.51. The minimum absolute atomic E-state index is 0.139. The largest absolute Gasteiger partial charge is 0.363 e. The summed E-state index contributed by atoms with van der Waals surface area (Å²) >= 11 is 0. The van der Waals surface area contributed by atoms with E-state index in [4.69, 9.17) is 14.3 Å². The Morgan fingerprint density at radius 3 is 2.89 bits per heavy atom. The van der Waals surface area contributed by atoms with E-state index < -0.39 is 0 Å². The molecule has 19 heavy (non-hydrogen) atoms. The van der Waals surface area contributed by atoms with Crippen LogP contribution in [0.15, 0.2) is 35.5 Å². The number of oxime groups is 1. The number of fused-ring (bicyclic) bond motifs is 1. The number of hydrogen-bond donors (Lipinski definition) is 0. The van der Waals surface area contributed by atoms with Crippen molar-refractivity contribution in [1.82, 2.24) is 0 Å². The number of rotatable bonds is 3. The van der Waals surface area contributed by atoms with E-state index in [0.717, 1.165) is 30.5 Å². The summed E-state index contributed by atoms with van der Waals surface area (Å²) in [5.74, 6) is 0.379. The Morgan fingerprint density at radius 1 is 1.26 bits per heavy atom. The van der Waals surface area contributed by atoms with Crippen LogP contribution in [0, 0.1) is 5.92 Å². The van der Waals surface area contributed by atoms with E-state index in [2.05, 4.69) is 17.3 Å². The molecule has 0 saturated carbocycles. The van der Waals surface area contributed by atoms with Crippen molar-refractivity contribution in [3.8, 4) is 0 Å². The van der Waals surface area contributed by atoms with Crippen LogP contribution in [0.2, 0.25) is 0 Å². The average molecular weight is 261 g/mol. The molecule has 2 aliphatic rings. The van der Waals surface area contributed by atoms with Crippen molar-refractivity contribution in [2.75, 3.05) is 6.61 Å². The number of ether oxygens (including phenoxy) is 2. The van der Waals surface area contributed by atoms with Gasteiger partial charge in [-0.05, 0) is 25.3 Å². The summed E-state index contributed by atoms with van der Waals surface area (Å²) in [5.41, 5.74) is 2.15. The SMILES string of the molecule is CCOC1CCC2CC(c3ccccc3)=NOC2O1. The molecule has 2 heterocycles. The molecule has 4 heteroatoms. The molecule has 1 saturated heterocycles. The zero-order valence-corrected chi connectivity index (χ0v) is 11.1. The highest BCUT2D eigenvalue weighted by atomic mass is 16.8. The molecule has 1 fully saturated rings. The van der Waals surface area contributed by atoms with Crippen LogP contribution in [0.25, 0.3) is 0 Å². The van der Waals surface area contributed by atoms with Crippen LogP contribution in [0.4, 0.5) is 0 Å². The van der Waals surface area contributed by atoms with Gasteiger partial charge in [0.25, 0.3) is 0 Å². The molecular formula is C15H19NO3. The lowest BCUT2D eigenvalue weighted by Crippen LogP contribution is -2.40. The summed E-state index contributed by atoms with van der Waals surface area (Å²) in [6.07, 6.45) is 2.51. The van der Waals surface area contributed by atoms with Crippen LogP contribution >= 0.6 is 0 Å². The summed E-state index contributed by atoms with van der Waals surface area (Å²) in [6, 6.07) is 10.2. The Morgan fingerprint density at radius 2 is 2.11 bits per heavy atom. The quantitative estimate of drug-likeness (QED) is 0.840. The highest BCUT2D eigenvalue weighted by Crippen LogP contribution is 2.33. The van der Waals surface area contributed by atoms with E-state index in [1.165, 1.54) is 0 Å². The third-order valence-corrected chi connectivity index (χ3v) is 3.63. The Balaban J connectivity index is 1.68. The van der Waals surface area contributed by atoms with Crippen LogP contribution < -0.4 is 0 Å². The first-order chi connectivity index (χ1) is 9.36.